The number of rotatable bonds is 1. The summed E-state index contributed by atoms with van der Waals surface area (Å²) in [6.07, 6.45) is 0.892. The van der Waals surface area contributed by atoms with E-state index in [9.17, 15) is 4.79 Å². The second-order valence-electron chi connectivity index (χ2n) is 5.52. The van der Waals surface area contributed by atoms with Gasteiger partial charge < -0.3 is 10.6 Å². The Hall–Kier alpha value is -0.870. The van der Waals surface area contributed by atoms with Gasteiger partial charge in [0.25, 0.3) is 5.91 Å². The fourth-order valence-corrected chi connectivity index (χ4v) is 3.09. The molecule has 1 atom stereocenters. The molecule has 2 rings (SSSR count). The summed E-state index contributed by atoms with van der Waals surface area (Å²) in [7, 11) is 0. The highest BCUT2D eigenvalue weighted by Crippen LogP contribution is 2.29. The molecule has 1 aromatic heterocycles. The average Bonchev–Trinajstić information content (AvgIpc) is 2.68. The van der Waals surface area contributed by atoms with Crippen LogP contribution >= 0.6 is 11.3 Å². The summed E-state index contributed by atoms with van der Waals surface area (Å²) in [6, 6.07) is 4.11. The highest BCUT2D eigenvalue weighted by molar-refractivity contribution is 7.13. The SMILES string of the molecule is Cc1ccc(C(=O)N2CCC(N)C(C)(C)C2)s1. The number of aryl methyl sites for hydroxylation is 1. The lowest BCUT2D eigenvalue weighted by molar-refractivity contribution is 0.0537. The van der Waals surface area contributed by atoms with E-state index in [4.69, 9.17) is 5.73 Å². The smallest absolute Gasteiger partial charge is 0.263 e. The molecule has 1 aromatic rings. The quantitative estimate of drug-likeness (QED) is 0.833. The number of carbonyl (C=O) groups excluding carboxylic acids is 1. The zero-order valence-electron chi connectivity index (χ0n) is 10.7. The predicted molar refractivity (Wildman–Crippen MR) is 71.3 cm³/mol. The van der Waals surface area contributed by atoms with Gasteiger partial charge in [0.05, 0.1) is 4.88 Å². The minimum absolute atomic E-state index is 0.0141. The van der Waals surface area contributed by atoms with Gasteiger partial charge in [-0.3, -0.25) is 4.79 Å². The second kappa shape index (κ2) is 4.42. The largest absolute Gasteiger partial charge is 0.337 e. The number of nitrogens with zero attached hydrogens (tertiary/aromatic N) is 1. The normalized spacial score (nSPS) is 23.8. The van der Waals surface area contributed by atoms with E-state index in [1.54, 1.807) is 11.3 Å². The molecule has 3 nitrogen and oxygen atoms in total. The molecule has 0 bridgehead atoms. The van der Waals surface area contributed by atoms with Gasteiger partial charge in [0.1, 0.15) is 0 Å². The van der Waals surface area contributed by atoms with Crippen molar-refractivity contribution in [1.82, 2.24) is 4.90 Å². The van der Waals surface area contributed by atoms with Gasteiger partial charge in [0.2, 0.25) is 0 Å². The van der Waals surface area contributed by atoms with Crippen molar-refractivity contribution in [3.05, 3.63) is 21.9 Å². The van der Waals surface area contributed by atoms with E-state index >= 15 is 0 Å². The summed E-state index contributed by atoms with van der Waals surface area (Å²) in [5.41, 5.74) is 6.10. The van der Waals surface area contributed by atoms with Crippen LogP contribution in [0.2, 0.25) is 0 Å². The molecule has 0 saturated carbocycles. The molecule has 1 saturated heterocycles. The van der Waals surface area contributed by atoms with Gasteiger partial charge in [-0.1, -0.05) is 13.8 Å². The number of carbonyl (C=O) groups is 1. The molecule has 1 aliphatic rings. The van der Waals surface area contributed by atoms with Crippen LogP contribution in [0.25, 0.3) is 0 Å². The first-order valence-electron chi connectivity index (χ1n) is 6.01. The molecule has 0 aliphatic carbocycles. The van der Waals surface area contributed by atoms with E-state index in [2.05, 4.69) is 13.8 Å². The van der Waals surface area contributed by atoms with Crippen molar-refractivity contribution in [3.8, 4) is 0 Å². The van der Waals surface area contributed by atoms with Crippen LogP contribution in [0.4, 0.5) is 0 Å². The Balaban J connectivity index is 2.11. The third-order valence-corrected chi connectivity index (χ3v) is 4.54. The van der Waals surface area contributed by atoms with Gasteiger partial charge in [0, 0.05) is 24.0 Å². The topological polar surface area (TPSA) is 46.3 Å². The van der Waals surface area contributed by atoms with Crippen LogP contribution in [0.3, 0.4) is 0 Å². The van der Waals surface area contributed by atoms with Crippen LogP contribution in [0.5, 0.6) is 0 Å². The number of amides is 1. The van der Waals surface area contributed by atoms with Crippen molar-refractivity contribution in [2.45, 2.75) is 33.2 Å². The fourth-order valence-electron chi connectivity index (χ4n) is 2.25. The lowest BCUT2D eigenvalue weighted by Gasteiger charge is -2.42. The van der Waals surface area contributed by atoms with Crippen LogP contribution in [-0.2, 0) is 0 Å². The van der Waals surface area contributed by atoms with Gasteiger partial charge >= 0.3 is 0 Å². The Morgan fingerprint density at radius 2 is 2.24 bits per heavy atom. The number of piperidine rings is 1. The summed E-state index contributed by atoms with van der Waals surface area (Å²) >= 11 is 1.57. The van der Waals surface area contributed by atoms with Crippen molar-refractivity contribution in [2.75, 3.05) is 13.1 Å². The Bertz CT molecular complexity index is 425. The van der Waals surface area contributed by atoms with Crippen molar-refractivity contribution >= 4 is 17.2 Å². The number of hydrogen-bond donors (Lipinski definition) is 1. The van der Waals surface area contributed by atoms with E-state index in [-0.39, 0.29) is 17.4 Å². The predicted octanol–water partition coefficient (Wildman–Crippen LogP) is 2.26. The average molecular weight is 252 g/mol. The van der Waals surface area contributed by atoms with Gasteiger partial charge in [-0.25, -0.2) is 0 Å². The van der Waals surface area contributed by atoms with Gasteiger partial charge in [0.15, 0.2) is 0 Å². The lowest BCUT2D eigenvalue weighted by Crippen LogP contribution is -2.53. The van der Waals surface area contributed by atoms with Crippen LogP contribution in [0.1, 0.15) is 34.8 Å². The molecular weight excluding hydrogens is 232 g/mol. The Morgan fingerprint density at radius 1 is 1.53 bits per heavy atom. The molecule has 1 aliphatic heterocycles. The summed E-state index contributed by atoms with van der Waals surface area (Å²) in [5, 5.41) is 0. The van der Waals surface area contributed by atoms with Crippen molar-refractivity contribution in [1.29, 1.82) is 0 Å². The molecule has 94 valence electrons. The zero-order valence-corrected chi connectivity index (χ0v) is 11.5. The molecule has 2 heterocycles. The second-order valence-corrected chi connectivity index (χ2v) is 6.81. The van der Waals surface area contributed by atoms with E-state index in [1.165, 1.54) is 4.88 Å². The van der Waals surface area contributed by atoms with Gasteiger partial charge in [-0.05, 0) is 30.9 Å². The Kier molecular flexibility index (Phi) is 3.27. The Labute approximate surface area is 107 Å². The molecule has 2 N–H and O–H groups in total. The molecule has 1 unspecified atom stereocenters. The maximum Gasteiger partial charge on any atom is 0.263 e. The minimum Gasteiger partial charge on any atom is -0.337 e. The van der Waals surface area contributed by atoms with Crippen molar-refractivity contribution in [3.63, 3.8) is 0 Å². The molecule has 1 fully saturated rings. The van der Waals surface area contributed by atoms with Gasteiger partial charge in [-0.2, -0.15) is 0 Å². The summed E-state index contributed by atoms with van der Waals surface area (Å²) < 4.78 is 0. The first kappa shape index (κ1) is 12.6. The number of nitrogens with two attached hydrogens (primary N) is 1. The zero-order chi connectivity index (χ0) is 12.6. The number of hydrogen-bond acceptors (Lipinski definition) is 3. The van der Waals surface area contributed by atoms with Crippen LogP contribution in [0.15, 0.2) is 12.1 Å². The lowest BCUT2D eigenvalue weighted by atomic mass is 9.79. The van der Waals surface area contributed by atoms with Gasteiger partial charge in [-0.15, -0.1) is 11.3 Å². The molecule has 17 heavy (non-hydrogen) atoms. The monoisotopic (exact) mass is 252 g/mol. The first-order valence-corrected chi connectivity index (χ1v) is 6.83. The first-order chi connectivity index (χ1) is 7.90. The van der Waals surface area contributed by atoms with Crippen LogP contribution < -0.4 is 5.73 Å². The molecule has 1 amide bonds. The molecule has 4 heteroatoms. The number of thiophene rings is 1. The highest BCUT2D eigenvalue weighted by Gasteiger charge is 2.35. The summed E-state index contributed by atoms with van der Waals surface area (Å²) in [4.78, 5) is 16.3. The van der Waals surface area contributed by atoms with E-state index < -0.39 is 0 Å². The van der Waals surface area contributed by atoms with Crippen molar-refractivity contribution in [2.24, 2.45) is 11.1 Å². The highest BCUT2D eigenvalue weighted by atomic mass is 32.1. The van der Waals surface area contributed by atoms with Crippen molar-refractivity contribution < 1.29 is 4.79 Å². The Morgan fingerprint density at radius 3 is 2.76 bits per heavy atom. The molecule has 0 radical (unpaired) electrons. The third-order valence-electron chi connectivity index (χ3n) is 3.55. The van der Waals surface area contributed by atoms with E-state index in [1.807, 2.05) is 24.0 Å². The molecule has 0 aromatic carbocycles. The van der Waals surface area contributed by atoms with E-state index in [0.29, 0.717) is 0 Å². The molecule has 0 spiro atoms. The van der Waals surface area contributed by atoms with Crippen LogP contribution in [0, 0.1) is 12.3 Å². The van der Waals surface area contributed by atoms with Crippen LogP contribution in [-0.4, -0.2) is 29.9 Å². The number of likely N-dealkylation sites (tertiary alicyclic amines) is 1. The maximum atomic E-state index is 12.3. The third kappa shape index (κ3) is 2.53. The maximum absolute atomic E-state index is 12.3. The summed E-state index contributed by atoms with van der Waals surface area (Å²) in [5.74, 6) is 0.156. The minimum atomic E-state index is 0.0141. The summed E-state index contributed by atoms with van der Waals surface area (Å²) in [6.45, 7) is 7.83. The fraction of sp³-hybridized carbons (Fsp3) is 0.615. The standard InChI is InChI=1S/C13H20N2OS/c1-9-4-5-10(17-9)12(16)15-7-6-11(14)13(2,3)8-15/h4-5,11H,6-8,14H2,1-3H3. The molecular formula is C13H20N2OS. The van der Waals surface area contributed by atoms with E-state index in [0.717, 1.165) is 24.4 Å².